The molecule has 2 N–H and O–H groups in total. The van der Waals surface area contributed by atoms with Crippen molar-refractivity contribution in [1.29, 1.82) is 0 Å². The monoisotopic (exact) mass is 420 g/mol. The second-order valence-corrected chi connectivity index (χ2v) is 7.92. The number of aromatic nitrogens is 1. The highest BCUT2D eigenvalue weighted by molar-refractivity contribution is 5.96. The zero-order chi connectivity index (χ0) is 21.9. The van der Waals surface area contributed by atoms with E-state index in [1.165, 1.54) is 21.7 Å². The largest absolute Gasteiger partial charge is 0.395 e. The van der Waals surface area contributed by atoms with Gasteiger partial charge < -0.3 is 15.0 Å². The van der Waals surface area contributed by atoms with Gasteiger partial charge in [-0.2, -0.15) is 0 Å². The third kappa shape index (κ3) is 3.88. The van der Waals surface area contributed by atoms with Crippen molar-refractivity contribution in [2.45, 2.75) is 6.54 Å². The number of amides is 1. The van der Waals surface area contributed by atoms with E-state index >= 15 is 0 Å². The zero-order valence-corrected chi connectivity index (χ0v) is 17.7. The van der Waals surface area contributed by atoms with Gasteiger partial charge in [0.2, 0.25) is 0 Å². The van der Waals surface area contributed by atoms with Crippen LogP contribution in [0.25, 0.3) is 32.8 Å². The zero-order valence-electron chi connectivity index (χ0n) is 17.7. The molecule has 0 atom stereocenters. The van der Waals surface area contributed by atoms with Crippen LogP contribution in [0.3, 0.4) is 0 Å². The van der Waals surface area contributed by atoms with E-state index in [2.05, 4.69) is 82.8 Å². The molecule has 1 aromatic heterocycles. The van der Waals surface area contributed by atoms with Crippen LogP contribution in [0.1, 0.15) is 15.9 Å². The van der Waals surface area contributed by atoms with E-state index in [4.69, 9.17) is 5.11 Å². The quantitative estimate of drug-likeness (QED) is 0.395. The van der Waals surface area contributed by atoms with Gasteiger partial charge in [-0.1, -0.05) is 66.7 Å². The molecule has 0 saturated heterocycles. The number of carbonyl (C=O) groups is 1. The van der Waals surface area contributed by atoms with Crippen molar-refractivity contribution < 1.29 is 9.90 Å². The SMILES string of the molecule is O=C(NCCO)c1cccc(-c2ccc3ccn(Cc4cccc5ccccc45)c3c2)c1. The van der Waals surface area contributed by atoms with Crippen LogP contribution in [0.15, 0.2) is 97.2 Å². The summed E-state index contributed by atoms with van der Waals surface area (Å²) in [6, 6.07) is 31.1. The minimum Gasteiger partial charge on any atom is -0.395 e. The van der Waals surface area contributed by atoms with Crippen molar-refractivity contribution in [2.75, 3.05) is 13.2 Å². The van der Waals surface area contributed by atoms with Gasteiger partial charge in [0.05, 0.1) is 6.61 Å². The second kappa shape index (κ2) is 8.69. The first kappa shape index (κ1) is 20.0. The number of nitrogens with one attached hydrogen (secondary N) is 1. The average Bonchev–Trinajstić information content (AvgIpc) is 3.25. The van der Waals surface area contributed by atoms with E-state index in [-0.39, 0.29) is 19.1 Å². The summed E-state index contributed by atoms with van der Waals surface area (Å²) >= 11 is 0. The lowest BCUT2D eigenvalue weighted by Crippen LogP contribution is -2.26. The fourth-order valence-corrected chi connectivity index (χ4v) is 4.23. The summed E-state index contributed by atoms with van der Waals surface area (Å²) in [5.41, 5.74) is 5.08. The van der Waals surface area contributed by atoms with Gasteiger partial charge in [-0.05, 0) is 57.1 Å². The highest BCUT2D eigenvalue weighted by atomic mass is 16.3. The van der Waals surface area contributed by atoms with Crippen molar-refractivity contribution in [3.8, 4) is 11.1 Å². The van der Waals surface area contributed by atoms with Crippen LogP contribution >= 0.6 is 0 Å². The van der Waals surface area contributed by atoms with Crippen LogP contribution in [-0.4, -0.2) is 28.7 Å². The summed E-state index contributed by atoms with van der Waals surface area (Å²) in [6.45, 7) is 0.963. The number of rotatable bonds is 6. The van der Waals surface area contributed by atoms with Gasteiger partial charge in [0.1, 0.15) is 0 Å². The Labute approximate surface area is 186 Å². The summed E-state index contributed by atoms with van der Waals surface area (Å²) < 4.78 is 2.28. The molecule has 0 aliphatic carbocycles. The average molecular weight is 421 g/mol. The predicted molar refractivity (Wildman–Crippen MR) is 130 cm³/mol. The maximum Gasteiger partial charge on any atom is 0.251 e. The number of benzene rings is 4. The van der Waals surface area contributed by atoms with Crippen LogP contribution in [0.2, 0.25) is 0 Å². The molecule has 1 heterocycles. The summed E-state index contributed by atoms with van der Waals surface area (Å²) in [7, 11) is 0. The Hall–Kier alpha value is -3.89. The first-order valence-corrected chi connectivity index (χ1v) is 10.8. The Kier molecular flexibility index (Phi) is 5.44. The standard InChI is InChI=1S/C28H24N2O2/c31-16-14-29-28(32)24-8-4-7-22(17-24)23-12-11-21-13-15-30(27(21)18-23)19-25-9-3-6-20-5-1-2-10-26(20)25/h1-13,15,17-18,31H,14,16,19H2,(H,29,32). The molecule has 0 unspecified atom stereocenters. The smallest absolute Gasteiger partial charge is 0.251 e. The van der Waals surface area contributed by atoms with Crippen molar-refractivity contribution in [3.63, 3.8) is 0 Å². The van der Waals surface area contributed by atoms with E-state index in [1.807, 2.05) is 18.2 Å². The number of hydrogen-bond donors (Lipinski definition) is 2. The van der Waals surface area contributed by atoms with Crippen molar-refractivity contribution >= 4 is 27.6 Å². The van der Waals surface area contributed by atoms with Crippen LogP contribution < -0.4 is 5.32 Å². The fraction of sp³-hybridized carbons (Fsp3) is 0.107. The van der Waals surface area contributed by atoms with E-state index in [0.717, 1.165) is 23.2 Å². The molecule has 0 bridgehead atoms. The lowest BCUT2D eigenvalue weighted by Gasteiger charge is -2.11. The lowest BCUT2D eigenvalue weighted by atomic mass is 10.0. The third-order valence-corrected chi connectivity index (χ3v) is 5.85. The molecule has 158 valence electrons. The second-order valence-electron chi connectivity index (χ2n) is 7.92. The highest BCUT2D eigenvalue weighted by Gasteiger charge is 2.09. The normalized spacial score (nSPS) is 11.2. The first-order valence-electron chi connectivity index (χ1n) is 10.8. The summed E-state index contributed by atoms with van der Waals surface area (Å²) in [5.74, 6) is -0.179. The van der Waals surface area contributed by atoms with Gasteiger partial charge in [-0.3, -0.25) is 4.79 Å². The van der Waals surface area contributed by atoms with E-state index < -0.39 is 0 Å². The van der Waals surface area contributed by atoms with Crippen LogP contribution in [0.4, 0.5) is 0 Å². The Morgan fingerprint density at radius 1 is 0.812 bits per heavy atom. The van der Waals surface area contributed by atoms with Crippen LogP contribution in [0.5, 0.6) is 0 Å². The van der Waals surface area contributed by atoms with Crippen LogP contribution in [0, 0.1) is 0 Å². The Morgan fingerprint density at radius 2 is 1.62 bits per heavy atom. The highest BCUT2D eigenvalue weighted by Crippen LogP contribution is 2.27. The van der Waals surface area contributed by atoms with E-state index in [9.17, 15) is 4.79 Å². The van der Waals surface area contributed by atoms with E-state index in [0.29, 0.717) is 5.56 Å². The number of nitrogens with zero attached hydrogens (tertiary/aromatic N) is 1. The van der Waals surface area contributed by atoms with Gasteiger partial charge in [0, 0.05) is 30.4 Å². The summed E-state index contributed by atoms with van der Waals surface area (Å²) in [5, 5.41) is 15.4. The molecule has 4 heteroatoms. The third-order valence-electron chi connectivity index (χ3n) is 5.85. The molecule has 0 fully saturated rings. The van der Waals surface area contributed by atoms with Gasteiger partial charge in [-0.15, -0.1) is 0 Å². The first-order chi connectivity index (χ1) is 15.7. The molecule has 0 spiro atoms. The number of aliphatic hydroxyl groups is 1. The molecule has 4 aromatic carbocycles. The topological polar surface area (TPSA) is 54.3 Å². The van der Waals surface area contributed by atoms with Gasteiger partial charge in [0.15, 0.2) is 0 Å². The fourth-order valence-electron chi connectivity index (χ4n) is 4.23. The van der Waals surface area contributed by atoms with Gasteiger partial charge in [-0.25, -0.2) is 0 Å². The number of aliphatic hydroxyl groups excluding tert-OH is 1. The summed E-state index contributed by atoms with van der Waals surface area (Å²) in [4.78, 5) is 12.3. The lowest BCUT2D eigenvalue weighted by molar-refractivity contribution is 0.0945. The Bertz CT molecular complexity index is 1410. The van der Waals surface area contributed by atoms with Crippen LogP contribution in [-0.2, 0) is 6.54 Å². The Balaban J connectivity index is 1.50. The maximum atomic E-state index is 12.3. The minimum atomic E-state index is -0.179. The Morgan fingerprint density at radius 3 is 2.53 bits per heavy atom. The molecule has 0 radical (unpaired) electrons. The van der Waals surface area contributed by atoms with E-state index in [1.54, 1.807) is 6.07 Å². The van der Waals surface area contributed by atoms with Crippen molar-refractivity contribution in [2.24, 2.45) is 0 Å². The molecule has 1 amide bonds. The molecular formula is C28H24N2O2. The molecule has 4 nitrogen and oxygen atoms in total. The molecule has 0 aliphatic rings. The number of hydrogen-bond acceptors (Lipinski definition) is 2. The van der Waals surface area contributed by atoms with Crippen molar-refractivity contribution in [1.82, 2.24) is 9.88 Å². The summed E-state index contributed by atoms with van der Waals surface area (Å²) in [6.07, 6.45) is 2.13. The van der Waals surface area contributed by atoms with Gasteiger partial charge in [0.25, 0.3) is 5.91 Å². The molecule has 5 rings (SSSR count). The molecule has 0 saturated carbocycles. The molecule has 32 heavy (non-hydrogen) atoms. The maximum absolute atomic E-state index is 12.3. The molecule has 5 aromatic rings. The minimum absolute atomic E-state index is 0.0736. The number of fused-ring (bicyclic) bond motifs is 2. The number of carbonyl (C=O) groups excluding carboxylic acids is 1. The molecular weight excluding hydrogens is 396 g/mol. The molecule has 0 aliphatic heterocycles. The van der Waals surface area contributed by atoms with Gasteiger partial charge >= 0.3 is 0 Å². The van der Waals surface area contributed by atoms with Crippen molar-refractivity contribution in [3.05, 3.63) is 108 Å². The predicted octanol–water partition coefficient (Wildman–Crippen LogP) is 5.23.